The maximum atomic E-state index is 10.8. The standard InChI is InChI=1S/C12H8BrNO5/c1-5-10(13)6(2-8-11(5)18-4-17-8)7-3-9(12(15)16)19-14-7/h2-3H,4H2,1H3,(H,15,16). The number of rotatable bonds is 2. The minimum absolute atomic E-state index is 0.172. The van der Waals surface area contributed by atoms with Crippen molar-refractivity contribution in [2.45, 2.75) is 6.92 Å². The molecule has 2 aromatic rings. The second kappa shape index (κ2) is 4.27. The molecule has 7 heteroatoms. The molecule has 0 bridgehead atoms. The van der Waals surface area contributed by atoms with Gasteiger partial charge in [0.2, 0.25) is 12.6 Å². The summed E-state index contributed by atoms with van der Waals surface area (Å²) in [5.41, 5.74) is 1.98. The molecule has 0 saturated heterocycles. The van der Waals surface area contributed by atoms with Crippen molar-refractivity contribution in [2.75, 3.05) is 6.79 Å². The van der Waals surface area contributed by atoms with E-state index in [0.717, 1.165) is 10.0 Å². The number of benzene rings is 1. The fourth-order valence-electron chi connectivity index (χ4n) is 1.87. The van der Waals surface area contributed by atoms with Crippen LogP contribution >= 0.6 is 15.9 Å². The van der Waals surface area contributed by atoms with Crippen LogP contribution in [0.2, 0.25) is 0 Å². The Bertz CT molecular complexity index is 679. The number of halogens is 1. The van der Waals surface area contributed by atoms with Crippen molar-refractivity contribution < 1.29 is 23.9 Å². The van der Waals surface area contributed by atoms with E-state index in [2.05, 4.69) is 21.1 Å². The molecular formula is C12H8BrNO5. The first kappa shape index (κ1) is 12.0. The van der Waals surface area contributed by atoms with Crippen LogP contribution in [0.4, 0.5) is 0 Å². The van der Waals surface area contributed by atoms with Crippen LogP contribution in [0.1, 0.15) is 16.1 Å². The topological polar surface area (TPSA) is 81.8 Å². The lowest BCUT2D eigenvalue weighted by Crippen LogP contribution is -1.93. The summed E-state index contributed by atoms with van der Waals surface area (Å²) in [4.78, 5) is 10.8. The molecule has 2 heterocycles. The first-order valence-corrected chi connectivity index (χ1v) is 6.16. The number of aromatic carboxylic acids is 1. The molecule has 0 spiro atoms. The number of hydrogen-bond acceptors (Lipinski definition) is 5. The monoisotopic (exact) mass is 325 g/mol. The van der Waals surface area contributed by atoms with Crippen LogP contribution in [0, 0.1) is 6.92 Å². The number of ether oxygens (including phenoxy) is 2. The number of aromatic nitrogens is 1. The number of nitrogens with zero attached hydrogens (tertiary/aromatic N) is 1. The van der Waals surface area contributed by atoms with Crippen molar-refractivity contribution in [2.24, 2.45) is 0 Å². The first-order chi connectivity index (χ1) is 9.08. The Labute approximate surface area is 116 Å². The Hall–Kier alpha value is -2.02. The zero-order valence-electron chi connectivity index (χ0n) is 9.77. The molecule has 0 saturated carbocycles. The van der Waals surface area contributed by atoms with E-state index in [1.165, 1.54) is 6.07 Å². The number of carboxylic acid groups (broad SMARTS) is 1. The molecule has 1 aromatic heterocycles. The minimum atomic E-state index is -1.16. The van der Waals surface area contributed by atoms with Crippen molar-refractivity contribution in [3.05, 3.63) is 27.9 Å². The predicted molar refractivity (Wildman–Crippen MR) is 67.5 cm³/mol. The van der Waals surface area contributed by atoms with Gasteiger partial charge in [0.15, 0.2) is 11.5 Å². The summed E-state index contributed by atoms with van der Waals surface area (Å²) in [6.45, 7) is 2.05. The minimum Gasteiger partial charge on any atom is -0.475 e. The Morgan fingerprint density at radius 1 is 1.42 bits per heavy atom. The highest BCUT2D eigenvalue weighted by atomic mass is 79.9. The van der Waals surface area contributed by atoms with Gasteiger partial charge in [0.25, 0.3) is 0 Å². The molecule has 1 aromatic carbocycles. The molecule has 98 valence electrons. The van der Waals surface area contributed by atoms with Crippen molar-refractivity contribution in [3.8, 4) is 22.8 Å². The highest BCUT2D eigenvalue weighted by Crippen LogP contribution is 2.44. The van der Waals surface area contributed by atoms with E-state index in [9.17, 15) is 4.79 Å². The lowest BCUT2D eigenvalue weighted by molar-refractivity contribution is 0.0652. The van der Waals surface area contributed by atoms with Gasteiger partial charge in [-0.15, -0.1) is 0 Å². The molecule has 1 N–H and O–H groups in total. The molecule has 1 aliphatic rings. The molecule has 0 aliphatic carbocycles. The quantitative estimate of drug-likeness (QED) is 0.914. The summed E-state index contributed by atoms with van der Waals surface area (Å²) in [5, 5.41) is 12.6. The molecule has 0 atom stereocenters. The van der Waals surface area contributed by atoms with Crippen molar-refractivity contribution in [1.82, 2.24) is 5.16 Å². The third-order valence-corrected chi connectivity index (χ3v) is 3.84. The summed E-state index contributed by atoms with van der Waals surface area (Å²) < 4.78 is 16.2. The number of fused-ring (bicyclic) bond motifs is 1. The Kier molecular flexibility index (Phi) is 2.70. The summed E-state index contributed by atoms with van der Waals surface area (Å²) in [5.74, 6) is -0.0855. The number of carbonyl (C=O) groups is 1. The Morgan fingerprint density at radius 2 is 2.21 bits per heavy atom. The molecule has 3 rings (SSSR count). The molecule has 0 unspecified atom stereocenters. The van der Waals surface area contributed by atoms with Gasteiger partial charge < -0.3 is 19.1 Å². The largest absolute Gasteiger partial charge is 0.475 e. The fourth-order valence-corrected chi connectivity index (χ4v) is 2.37. The first-order valence-electron chi connectivity index (χ1n) is 5.37. The normalized spacial score (nSPS) is 12.7. The Morgan fingerprint density at radius 3 is 2.89 bits per heavy atom. The average molecular weight is 326 g/mol. The maximum Gasteiger partial charge on any atom is 0.374 e. The van der Waals surface area contributed by atoms with Crippen LogP contribution in [0.5, 0.6) is 11.5 Å². The Balaban J connectivity index is 2.14. The molecule has 0 amide bonds. The van der Waals surface area contributed by atoms with Gasteiger partial charge in [-0.05, 0) is 28.9 Å². The summed E-state index contributed by atoms with van der Waals surface area (Å²) in [6.07, 6.45) is 0. The van der Waals surface area contributed by atoms with Crippen LogP contribution in [-0.4, -0.2) is 23.0 Å². The van der Waals surface area contributed by atoms with Gasteiger partial charge in [-0.3, -0.25) is 0 Å². The van der Waals surface area contributed by atoms with E-state index >= 15 is 0 Å². The zero-order chi connectivity index (χ0) is 13.6. The van der Waals surface area contributed by atoms with Crippen LogP contribution in [0.15, 0.2) is 21.1 Å². The van der Waals surface area contributed by atoms with Crippen molar-refractivity contribution in [3.63, 3.8) is 0 Å². The molecular weight excluding hydrogens is 318 g/mol. The molecule has 0 radical (unpaired) electrons. The van der Waals surface area contributed by atoms with Gasteiger partial charge >= 0.3 is 5.97 Å². The second-order valence-electron chi connectivity index (χ2n) is 3.98. The summed E-state index contributed by atoms with van der Waals surface area (Å²) >= 11 is 3.45. The van der Waals surface area contributed by atoms with Crippen LogP contribution in [-0.2, 0) is 0 Å². The average Bonchev–Trinajstić information content (AvgIpc) is 3.01. The van der Waals surface area contributed by atoms with Gasteiger partial charge in [0.05, 0.1) is 0 Å². The van der Waals surface area contributed by atoms with Crippen molar-refractivity contribution >= 4 is 21.9 Å². The van der Waals surface area contributed by atoms with Gasteiger partial charge in [-0.25, -0.2) is 4.79 Å². The maximum absolute atomic E-state index is 10.8. The van der Waals surface area contributed by atoms with Crippen LogP contribution in [0.3, 0.4) is 0 Å². The summed E-state index contributed by atoms with van der Waals surface area (Å²) in [6, 6.07) is 3.10. The molecule has 6 nitrogen and oxygen atoms in total. The SMILES string of the molecule is Cc1c(Br)c(-c2cc(C(=O)O)on2)cc2c1OCO2. The zero-order valence-corrected chi connectivity index (χ0v) is 11.4. The van der Waals surface area contributed by atoms with Crippen molar-refractivity contribution in [1.29, 1.82) is 0 Å². The van der Waals surface area contributed by atoms with Crippen LogP contribution < -0.4 is 9.47 Å². The van der Waals surface area contributed by atoms with E-state index < -0.39 is 5.97 Å². The van der Waals surface area contributed by atoms with Gasteiger partial charge in [0, 0.05) is 21.7 Å². The molecule has 19 heavy (non-hydrogen) atoms. The van der Waals surface area contributed by atoms with E-state index in [-0.39, 0.29) is 12.6 Å². The van der Waals surface area contributed by atoms with Gasteiger partial charge in [-0.2, -0.15) is 0 Å². The molecule has 0 fully saturated rings. The third kappa shape index (κ3) is 1.86. The van der Waals surface area contributed by atoms with Gasteiger partial charge in [0.1, 0.15) is 5.69 Å². The number of carboxylic acids is 1. The van der Waals surface area contributed by atoms with E-state index in [1.807, 2.05) is 6.92 Å². The molecule has 1 aliphatic heterocycles. The lowest BCUT2D eigenvalue weighted by Gasteiger charge is -2.07. The van der Waals surface area contributed by atoms with E-state index in [4.69, 9.17) is 19.1 Å². The lowest BCUT2D eigenvalue weighted by atomic mass is 10.1. The third-order valence-electron chi connectivity index (χ3n) is 2.82. The van der Waals surface area contributed by atoms with Crippen LogP contribution in [0.25, 0.3) is 11.3 Å². The highest BCUT2D eigenvalue weighted by molar-refractivity contribution is 9.10. The predicted octanol–water partition coefficient (Wildman–Crippen LogP) is 2.84. The van der Waals surface area contributed by atoms with E-state index in [1.54, 1.807) is 6.07 Å². The fraction of sp³-hybridized carbons (Fsp3) is 0.167. The summed E-state index contributed by atoms with van der Waals surface area (Å²) in [7, 11) is 0. The smallest absolute Gasteiger partial charge is 0.374 e. The van der Waals surface area contributed by atoms with Gasteiger partial charge in [-0.1, -0.05) is 5.16 Å². The highest BCUT2D eigenvalue weighted by Gasteiger charge is 2.23. The second-order valence-corrected chi connectivity index (χ2v) is 4.77. The number of hydrogen-bond donors (Lipinski definition) is 1. The van der Waals surface area contributed by atoms with E-state index in [0.29, 0.717) is 22.8 Å².